The van der Waals surface area contributed by atoms with E-state index in [-0.39, 0.29) is 21.3 Å². The van der Waals surface area contributed by atoms with Gasteiger partial charge in [-0.3, -0.25) is 4.79 Å². The monoisotopic (exact) mass is 343 g/mol. The largest absolute Gasteiger partial charge is 0.398 e. The molecule has 0 saturated carbocycles. The molecular weight excluding hydrogens is 335 g/mol. The fourth-order valence-corrected chi connectivity index (χ4v) is 2.13. The number of anilines is 1. The van der Waals surface area contributed by atoms with Crippen LogP contribution in [0.25, 0.3) is 0 Å². The standard InChI is InChI=1S/C14H9BrF3NO/c15-10-2-3-11(17)8(14(10)18)6-13(20)9-5-7(16)1-4-12(9)19/h1-5H,6,19H2. The minimum absolute atomic E-state index is 0.0499. The van der Waals surface area contributed by atoms with Gasteiger partial charge in [0.25, 0.3) is 0 Å². The normalized spacial score (nSPS) is 10.6. The van der Waals surface area contributed by atoms with Crippen LogP contribution in [0.5, 0.6) is 0 Å². The van der Waals surface area contributed by atoms with Crippen LogP contribution in [0.4, 0.5) is 18.9 Å². The summed E-state index contributed by atoms with van der Waals surface area (Å²) < 4.78 is 40.5. The van der Waals surface area contributed by atoms with Crippen molar-refractivity contribution < 1.29 is 18.0 Å². The van der Waals surface area contributed by atoms with Gasteiger partial charge in [0.15, 0.2) is 5.78 Å². The summed E-state index contributed by atoms with van der Waals surface area (Å²) in [6, 6.07) is 5.54. The number of nitrogens with two attached hydrogens (primary N) is 1. The first kappa shape index (κ1) is 14.6. The zero-order valence-electron chi connectivity index (χ0n) is 10.1. The Morgan fingerprint density at radius 3 is 2.55 bits per heavy atom. The van der Waals surface area contributed by atoms with Crippen LogP contribution in [0.15, 0.2) is 34.8 Å². The zero-order valence-corrected chi connectivity index (χ0v) is 11.7. The van der Waals surface area contributed by atoms with Crippen LogP contribution in [0.2, 0.25) is 0 Å². The van der Waals surface area contributed by atoms with Crippen LogP contribution in [0.1, 0.15) is 15.9 Å². The van der Waals surface area contributed by atoms with Crippen molar-refractivity contribution in [2.24, 2.45) is 0 Å². The van der Waals surface area contributed by atoms with E-state index in [0.717, 1.165) is 18.2 Å². The summed E-state index contributed by atoms with van der Waals surface area (Å²) in [6.07, 6.45) is -0.537. The van der Waals surface area contributed by atoms with E-state index in [4.69, 9.17) is 5.73 Å². The lowest BCUT2D eigenvalue weighted by molar-refractivity contribution is 0.0991. The molecule has 2 N–H and O–H groups in total. The van der Waals surface area contributed by atoms with Crippen molar-refractivity contribution in [1.29, 1.82) is 0 Å². The number of benzene rings is 2. The lowest BCUT2D eigenvalue weighted by atomic mass is 10.0. The molecule has 0 radical (unpaired) electrons. The average Bonchev–Trinajstić information content (AvgIpc) is 2.41. The summed E-state index contributed by atoms with van der Waals surface area (Å²) >= 11 is 2.91. The quantitative estimate of drug-likeness (QED) is 0.522. The maximum atomic E-state index is 13.8. The van der Waals surface area contributed by atoms with E-state index >= 15 is 0 Å². The maximum Gasteiger partial charge on any atom is 0.169 e. The first-order valence-electron chi connectivity index (χ1n) is 5.60. The molecule has 0 aliphatic heterocycles. The molecule has 0 aromatic heterocycles. The number of carbonyl (C=O) groups excluding carboxylic acids is 1. The molecule has 2 aromatic rings. The van der Waals surface area contributed by atoms with Crippen molar-refractivity contribution in [3.05, 3.63) is 63.4 Å². The highest BCUT2D eigenvalue weighted by Gasteiger charge is 2.18. The third-order valence-electron chi connectivity index (χ3n) is 2.79. The highest BCUT2D eigenvalue weighted by atomic mass is 79.9. The Balaban J connectivity index is 2.38. The lowest BCUT2D eigenvalue weighted by Gasteiger charge is -2.08. The Hall–Kier alpha value is -1.82. The molecule has 104 valence electrons. The number of Topliss-reactive ketones (excluding diaryl/α,β-unsaturated/α-hetero) is 1. The molecule has 20 heavy (non-hydrogen) atoms. The van der Waals surface area contributed by atoms with Gasteiger partial charge in [0.05, 0.1) is 4.47 Å². The molecule has 2 nitrogen and oxygen atoms in total. The molecule has 0 heterocycles. The number of rotatable bonds is 3. The molecule has 2 aromatic carbocycles. The van der Waals surface area contributed by atoms with Crippen LogP contribution < -0.4 is 5.73 Å². The topological polar surface area (TPSA) is 43.1 Å². The Labute approximate surface area is 121 Å². The molecule has 6 heteroatoms. The number of nitrogen functional groups attached to an aromatic ring is 1. The first-order chi connectivity index (χ1) is 9.40. The summed E-state index contributed by atoms with van der Waals surface area (Å²) in [4.78, 5) is 12.0. The minimum atomic E-state index is -0.853. The molecule has 0 aliphatic carbocycles. The first-order valence-corrected chi connectivity index (χ1v) is 6.40. The third kappa shape index (κ3) is 2.85. The summed E-state index contributed by atoms with van der Waals surface area (Å²) in [5.41, 5.74) is 5.15. The van der Waals surface area contributed by atoms with Gasteiger partial charge in [0, 0.05) is 23.2 Å². The summed E-state index contributed by atoms with van der Waals surface area (Å²) in [6.45, 7) is 0. The molecule has 0 amide bonds. The molecule has 0 aliphatic rings. The van der Waals surface area contributed by atoms with Crippen molar-refractivity contribution in [2.45, 2.75) is 6.42 Å². The fourth-order valence-electron chi connectivity index (χ4n) is 1.76. The van der Waals surface area contributed by atoms with E-state index in [1.54, 1.807) is 0 Å². The number of carbonyl (C=O) groups is 1. The zero-order chi connectivity index (χ0) is 14.9. The Kier molecular flexibility index (Phi) is 4.13. The minimum Gasteiger partial charge on any atom is -0.398 e. The second kappa shape index (κ2) is 5.66. The van der Waals surface area contributed by atoms with E-state index in [1.165, 1.54) is 12.1 Å². The van der Waals surface area contributed by atoms with Crippen LogP contribution in [0.3, 0.4) is 0 Å². The van der Waals surface area contributed by atoms with Gasteiger partial charge in [-0.1, -0.05) is 0 Å². The van der Waals surface area contributed by atoms with Crippen molar-refractivity contribution in [1.82, 2.24) is 0 Å². The predicted octanol–water partition coefficient (Wildman–Crippen LogP) is 3.87. The molecule has 0 saturated heterocycles. The van der Waals surface area contributed by atoms with Crippen molar-refractivity contribution >= 4 is 27.4 Å². The van der Waals surface area contributed by atoms with Gasteiger partial charge in [-0.25, -0.2) is 13.2 Å². The molecule has 0 unspecified atom stereocenters. The number of hydrogen-bond donors (Lipinski definition) is 1. The smallest absolute Gasteiger partial charge is 0.169 e. The highest BCUT2D eigenvalue weighted by molar-refractivity contribution is 9.10. The van der Waals surface area contributed by atoms with Crippen molar-refractivity contribution in [2.75, 3.05) is 5.73 Å². The van der Waals surface area contributed by atoms with E-state index in [2.05, 4.69) is 15.9 Å². The second-order valence-electron chi connectivity index (χ2n) is 4.15. The van der Waals surface area contributed by atoms with Gasteiger partial charge < -0.3 is 5.73 Å². The molecule has 0 spiro atoms. The number of hydrogen-bond acceptors (Lipinski definition) is 2. The van der Waals surface area contributed by atoms with Crippen LogP contribution in [0, 0.1) is 17.5 Å². The molecule has 2 rings (SSSR count). The molecular formula is C14H9BrF3NO. The number of ketones is 1. The summed E-state index contributed by atoms with van der Waals surface area (Å²) in [5, 5.41) is 0. The summed E-state index contributed by atoms with van der Waals surface area (Å²) in [5.74, 6) is -2.99. The van der Waals surface area contributed by atoms with E-state index in [9.17, 15) is 18.0 Å². The van der Waals surface area contributed by atoms with E-state index < -0.39 is 29.7 Å². The van der Waals surface area contributed by atoms with Crippen LogP contribution in [-0.4, -0.2) is 5.78 Å². The third-order valence-corrected chi connectivity index (χ3v) is 3.40. The van der Waals surface area contributed by atoms with Gasteiger partial charge in [-0.05, 0) is 46.3 Å². The van der Waals surface area contributed by atoms with E-state index in [1.807, 2.05) is 0 Å². The molecule has 0 atom stereocenters. The van der Waals surface area contributed by atoms with Crippen LogP contribution >= 0.6 is 15.9 Å². The lowest BCUT2D eigenvalue weighted by Crippen LogP contribution is -2.10. The van der Waals surface area contributed by atoms with Gasteiger partial charge >= 0.3 is 0 Å². The predicted molar refractivity (Wildman–Crippen MR) is 72.9 cm³/mol. The Morgan fingerprint density at radius 2 is 1.85 bits per heavy atom. The van der Waals surface area contributed by atoms with Crippen molar-refractivity contribution in [3.63, 3.8) is 0 Å². The SMILES string of the molecule is Nc1ccc(F)cc1C(=O)Cc1c(F)ccc(Br)c1F. The van der Waals surface area contributed by atoms with Gasteiger partial charge in [0.1, 0.15) is 17.5 Å². The highest BCUT2D eigenvalue weighted by Crippen LogP contribution is 2.24. The number of halogens is 4. The fraction of sp³-hybridized carbons (Fsp3) is 0.0714. The average molecular weight is 344 g/mol. The van der Waals surface area contributed by atoms with Crippen molar-refractivity contribution in [3.8, 4) is 0 Å². The van der Waals surface area contributed by atoms with Gasteiger partial charge in [0.2, 0.25) is 0 Å². The van der Waals surface area contributed by atoms with Gasteiger partial charge in [-0.15, -0.1) is 0 Å². The van der Waals surface area contributed by atoms with Crippen LogP contribution in [-0.2, 0) is 6.42 Å². The van der Waals surface area contributed by atoms with E-state index in [0.29, 0.717) is 0 Å². The Bertz CT molecular complexity index is 688. The molecule has 0 fully saturated rings. The molecule has 0 bridgehead atoms. The second-order valence-corrected chi connectivity index (χ2v) is 5.01. The Morgan fingerprint density at radius 1 is 1.15 bits per heavy atom. The summed E-state index contributed by atoms with van der Waals surface area (Å²) in [7, 11) is 0. The maximum absolute atomic E-state index is 13.8. The van der Waals surface area contributed by atoms with Gasteiger partial charge in [-0.2, -0.15) is 0 Å².